The highest BCUT2D eigenvalue weighted by Crippen LogP contribution is 2.53. The Morgan fingerprint density at radius 1 is 1.21 bits per heavy atom. The van der Waals surface area contributed by atoms with Gasteiger partial charge in [0.15, 0.2) is 17.2 Å². The molecule has 0 heterocycles. The minimum Gasteiger partial charge on any atom is -0.510 e. The van der Waals surface area contributed by atoms with E-state index in [0.717, 1.165) is 6.92 Å². The molecule has 0 bridgehead atoms. The third-order valence-electron chi connectivity index (χ3n) is 6.98. The van der Waals surface area contributed by atoms with Crippen LogP contribution in [0.5, 0.6) is 5.75 Å². The van der Waals surface area contributed by atoms with Crippen molar-refractivity contribution < 1.29 is 39.5 Å². The fourth-order valence-corrected chi connectivity index (χ4v) is 5.69. The Hall–Kier alpha value is -3.01. The molecule has 9 heteroatoms. The second-order valence-electron chi connectivity index (χ2n) is 8.98. The van der Waals surface area contributed by atoms with Crippen LogP contribution in [0.3, 0.4) is 0 Å². The Balaban J connectivity index is 2.05. The van der Waals surface area contributed by atoms with Gasteiger partial charge in [-0.25, -0.2) is 0 Å². The number of carbonyl (C=O) groups is 3. The second-order valence-corrected chi connectivity index (χ2v) is 8.98. The number of fused-ring (bicyclic) bond motifs is 3. The molecule has 1 aromatic carbocycles. The van der Waals surface area contributed by atoms with E-state index < -0.39 is 64.0 Å². The molecular formula is C24H27NO8. The molecule has 5 atom stereocenters. The van der Waals surface area contributed by atoms with Crippen LogP contribution in [0.15, 0.2) is 40.9 Å². The number of rotatable bonds is 4. The van der Waals surface area contributed by atoms with E-state index >= 15 is 0 Å². The topological polar surface area (TPSA) is 145 Å². The number of likely N-dealkylation sites (N-methyl/N-ethyl adjacent to an activating group) is 1. The SMILES string of the molecule is CCO[C@H]1[C@H]2[C@H](N(C)C)C(O)=C(C(C)=O)C(=O)[C@@]2(O)C(O)=C2C(=O)c3c(O)cccc3C[C@H]21. The number of phenolic OH excluding ortho intramolecular Hbond substituents is 1. The molecule has 0 saturated carbocycles. The van der Waals surface area contributed by atoms with Crippen LogP contribution in [-0.4, -0.2) is 81.1 Å². The van der Waals surface area contributed by atoms with Crippen molar-refractivity contribution in [2.45, 2.75) is 38.0 Å². The summed E-state index contributed by atoms with van der Waals surface area (Å²) < 4.78 is 5.98. The number of hydrogen-bond donors (Lipinski definition) is 4. The molecule has 3 aliphatic rings. The van der Waals surface area contributed by atoms with Crippen LogP contribution in [0.4, 0.5) is 0 Å². The Morgan fingerprint density at radius 3 is 2.45 bits per heavy atom. The molecule has 0 spiro atoms. The van der Waals surface area contributed by atoms with Gasteiger partial charge in [-0.3, -0.25) is 19.3 Å². The summed E-state index contributed by atoms with van der Waals surface area (Å²) in [7, 11) is 3.21. The molecule has 33 heavy (non-hydrogen) atoms. The van der Waals surface area contributed by atoms with Crippen LogP contribution in [-0.2, 0) is 20.7 Å². The highest BCUT2D eigenvalue weighted by Gasteiger charge is 2.66. The summed E-state index contributed by atoms with van der Waals surface area (Å²) in [6.07, 6.45) is -0.762. The number of benzene rings is 1. The number of aliphatic hydroxyl groups is 3. The van der Waals surface area contributed by atoms with Crippen molar-refractivity contribution in [1.29, 1.82) is 0 Å². The van der Waals surface area contributed by atoms with E-state index in [0.29, 0.717) is 5.56 Å². The van der Waals surface area contributed by atoms with E-state index in [1.54, 1.807) is 33.2 Å². The molecule has 4 rings (SSSR count). The fourth-order valence-electron chi connectivity index (χ4n) is 5.69. The van der Waals surface area contributed by atoms with E-state index in [2.05, 4.69) is 0 Å². The second kappa shape index (κ2) is 7.79. The van der Waals surface area contributed by atoms with Crippen LogP contribution < -0.4 is 0 Å². The summed E-state index contributed by atoms with van der Waals surface area (Å²) in [4.78, 5) is 40.7. The zero-order chi connectivity index (χ0) is 24.4. The average molecular weight is 457 g/mol. The van der Waals surface area contributed by atoms with Gasteiger partial charge in [-0.15, -0.1) is 0 Å². The van der Waals surface area contributed by atoms with E-state index in [4.69, 9.17) is 4.74 Å². The first-order valence-electron chi connectivity index (χ1n) is 10.8. The van der Waals surface area contributed by atoms with Gasteiger partial charge in [-0.1, -0.05) is 12.1 Å². The summed E-state index contributed by atoms with van der Waals surface area (Å²) in [5.74, 6) is -6.28. The van der Waals surface area contributed by atoms with Gasteiger partial charge in [0, 0.05) is 18.1 Å². The largest absolute Gasteiger partial charge is 0.510 e. The maximum Gasteiger partial charge on any atom is 0.209 e. The number of carbonyl (C=O) groups excluding carboxylic acids is 3. The zero-order valence-electron chi connectivity index (χ0n) is 18.8. The number of phenols is 1. The molecule has 0 aromatic heterocycles. The minimum atomic E-state index is -2.68. The lowest BCUT2D eigenvalue weighted by Crippen LogP contribution is -2.68. The maximum absolute atomic E-state index is 13.5. The zero-order valence-corrected chi connectivity index (χ0v) is 18.8. The quantitative estimate of drug-likeness (QED) is 0.491. The summed E-state index contributed by atoms with van der Waals surface area (Å²) in [6.45, 7) is 2.96. The highest BCUT2D eigenvalue weighted by molar-refractivity contribution is 6.25. The molecular weight excluding hydrogens is 430 g/mol. The van der Waals surface area contributed by atoms with E-state index in [-0.39, 0.29) is 29.9 Å². The number of nitrogens with zero attached hydrogens (tertiary/aromatic N) is 1. The smallest absolute Gasteiger partial charge is 0.209 e. The van der Waals surface area contributed by atoms with Crippen molar-refractivity contribution in [2.24, 2.45) is 11.8 Å². The summed E-state index contributed by atoms with van der Waals surface area (Å²) in [5, 5.41) is 44.3. The van der Waals surface area contributed by atoms with Crippen molar-refractivity contribution in [3.63, 3.8) is 0 Å². The summed E-state index contributed by atoms with van der Waals surface area (Å²) >= 11 is 0. The lowest BCUT2D eigenvalue weighted by atomic mass is 9.57. The number of ether oxygens (including phenoxy) is 1. The molecule has 0 saturated heterocycles. The van der Waals surface area contributed by atoms with Gasteiger partial charge in [0.1, 0.15) is 22.8 Å². The predicted molar refractivity (Wildman–Crippen MR) is 116 cm³/mol. The first-order valence-corrected chi connectivity index (χ1v) is 10.8. The standard InChI is InChI=1S/C24H27NO8/c1-5-33-21-12-9-11-7-6-8-13(27)15(11)19(28)16(12)23(31)24(32)17(21)18(25(3)4)20(29)14(10(2)26)22(24)30/h6-8,12,17-18,21,27,29,31-32H,5,9H2,1-4H3/t12-,17-,18+,21-,24-/m1/s1. The van der Waals surface area contributed by atoms with E-state index in [1.165, 1.54) is 11.0 Å². The number of Topliss-reactive ketones (excluding diaryl/α,β-unsaturated/α-hetero) is 3. The number of hydrogen-bond acceptors (Lipinski definition) is 9. The van der Waals surface area contributed by atoms with Crippen LogP contribution in [0.2, 0.25) is 0 Å². The maximum atomic E-state index is 13.5. The average Bonchev–Trinajstić information content (AvgIpc) is 2.72. The third-order valence-corrected chi connectivity index (χ3v) is 6.98. The monoisotopic (exact) mass is 457 g/mol. The van der Waals surface area contributed by atoms with Gasteiger partial charge in [0.05, 0.1) is 23.6 Å². The van der Waals surface area contributed by atoms with Gasteiger partial charge in [-0.2, -0.15) is 0 Å². The third kappa shape index (κ3) is 2.99. The lowest BCUT2D eigenvalue weighted by molar-refractivity contribution is -0.167. The number of aromatic hydroxyl groups is 1. The van der Waals surface area contributed by atoms with Gasteiger partial charge < -0.3 is 25.2 Å². The molecule has 4 N–H and O–H groups in total. The first kappa shape index (κ1) is 23.2. The molecule has 9 nitrogen and oxygen atoms in total. The van der Waals surface area contributed by atoms with Gasteiger partial charge in [0.25, 0.3) is 0 Å². The van der Waals surface area contributed by atoms with Gasteiger partial charge in [-0.05, 0) is 46.0 Å². The molecule has 176 valence electrons. The Kier molecular flexibility index (Phi) is 5.47. The van der Waals surface area contributed by atoms with Crippen molar-refractivity contribution in [2.75, 3.05) is 20.7 Å². The Bertz CT molecular complexity index is 1130. The summed E-state index contributed by atoms with van der Waals surface area (Å²) in [5.41, 5.74) is -2.99. The van der Waals surface area contributed by atoms with Crippen LogP contribution in [0.25, 0.3) is 0 Å². The van der Waals surface area contributed by atoms with Crippen molar-refractivity contribution in [3.05, 3.63) is 52.0 Å². The summed E-state index contributed by atoms with van der Waals surface area (Å²) in [6, 6.07) is 3.58. The van der Waals surface area contributed by atoms with Gasteiger partial charge >= 0.3 is 0 Å². The molecule has 0 aliphatic heterocycles. The van der Waals surface area contributed by atoms with Crippen LogP contribution in [0.1, 0.15) is 29.8 Å². The number of ketones is 3. The molecule has 0 amide bonds. The molecule has 1 aromatic rings. The fraction of sp³-hybridized carbons (Fsp3) is 0.458. The van der Waals surface area contributed by atoms with Crippen molar-refractivity contribution in [3.8, 4) is 5.75 Å². The highest BCUT2D eigenvalue weighted by atomic mass is 16.5. The molecule has 0 fully saturated rings. The van der Waals surface area contributed by atoms with E-state index in [1.807, 2.05) is 0 Å². The molecule has 0 unspecified atom stereocenters. The van der Waals surface area contributed by atoms with Crippen LogP contribution in [0, 0.1) is 11.8 Å². The molecule has 0 radical (unpaired) electrons. The van der Waals surface area contributed by atoms with E-state index in [9.17, 15) is 34.8 Å². The first-order chi connectivity index (χ1) is 15.5. The lowest BCUT2D eigenvalue weighted by Gasteiger charge is -2.53. The van der Waals surface area contributed by atoms with Gasteiger partial charge in [0.2, 0.25) is 5.78 Å². The Morgan fingerprint density at radius 2 is 1.88 bits per heavy atom. The normalized spacial score (nSPS) is 31.5. The van der Waals surface area contributed by atoms with Crippen LogP contribution >= 0.6 is 0 Å². The predicted octanol–water partition coefficient (Wildman–Crippen LogP) is 1.24. The van der Waals surface area contributed by atoms with Crippen molar-refractivity contribution in [1.82, 2.24) is 4.90 Å². The Labute approximate surface area is 190 Å². The molecule has 3 aliphatic carbocycles. The number of aliphatic hydroxyl groups excluding tert-OH is 2. The minimum absolute atomic E-state index is 0.00908. The van der Waals surface area contributed by atoms with Crippen molar-refractivity contribution >= 4 is 17.3 Å².